The van der Waals surface area contributed by atoms with Crippen molar-refractivity contribution in [3.8, 4) is 0 Å². The predicted molar refractivity (Wildman–Crippen MR) is 87.4 cm³/mol. The van der Waals surface area contributed by atoms with E-state index < -0.39 is 0 Å². The Balaban J connectivity index is 1.81. The van der Waals surface area contributed by atoms with E-state index in [0.717, 1.165) is 31.9 Å². The molecule has 2 aromatic rings. The average Bonchev–Trinajstić information content (AvgIpc) is 2.52. The number of benzene rings is 1. The number of hydrogen-bond acceptors (Lipinski definition) is 3. The molecule has 110 valence electrons. The molecule has 0 atom stereocenters. The third-order valence-electron chi connectivity index (χ3n) is 4.00. The fourth-order valence-corrected chi connectivity index (χ4v) is 2.84. The van der Waals surface area contributed by atoms with E-state index in [4.69, 9.17) is 0 Å². The first-order valence-electron chi connectivity index (χ1n) is 7.73. The minimum absolute atomic E-state index is 0.486. The molecule has 3 heteroatoms. The summed E-state index contributed by atoms with van der Waals surface area (Å²) in [6, 6.07) is 13.4. The van der Waals surface area contributed by atoms with Gasteiger partial charge in [-0.25, -0.2) is 4.98 Å². The fraction of sp³-hybridized carbons (Fsp3) is 0.389. The minimum atomic E-state index is 0.486. The molecule has 1 aromatic heterocycles. The van der Waals surface area contributed by atoms with Crippen molar-refractivity contribution >= 4 is 5.82 Å². The quantitative estimate of drug-likeness (QED) is 0.933. The van der Waals surface area contributed by atoms with Crippen LogP contribution in [0.25, 0.3) is 0 Å². The number of fused-ring (bicyclic) bond motifs is 1. The molecule has 0 saturated carbocycles. The summed E-state index contributed by atoms with van der Waals surface area (Å²) in [7, 11) is 0. The van der Waals surface area contributed by atoms with Gasteiger partial charge < -0.3 is 10.2 Å². The van der Waals surface area contributed by atoms with Gasteiger partial charge in [-0.1, -0.05) is 44.2 Å². The molecular weight excluding hydrogens is 258 g/mol. The Hall–Kier alpha value is -1.87. The van der Waals surface area contributed by atoms with Gasteiger partial charge in [0.2, 0.25) is 0 Å². The van der Waals surface area contributed by atoms with Crippen LogP contribution in [0.4, 0.5) is 5.82 Å². The van der Waals surface area contributed by atoms with Crippen molar-refractivity contribution in [3.05, 3.63) is 59.3 Å². The molecule has 0 radical (unpaired) electrons. The summed E-state index contributed by atoms with van der Waals surface area (Å²) < 4.78 is 0. The molecule has 3 rings (SSSR count). The standard InChI is InChI=1S/C18H23N3/c1-14(2)20-12-16-8-5-10-19-18(16)21-11-9-15-6-3-4-7-17(15)13-21/h3-8,10,14,20H,9,11-13H2,1-2H3. The van der Waals surface area contributed by atoms with Crippen molar-refractivity contribution in [1.82, 2.24) is 10.3 Å². The molecule has 0 spiro atoms. The molecule has 3 nitrogen and oxygen atoms in total. The first-order valence-corrected chi connectivity index (χ1v) is 7.73. The van der Waals surface area contributed by atoms with E-state index in [-0.39, 0.29) is 0 Å². The van der Waals surface area contributed by atoms with Gasteiger partial charge >= 0.3 is 0 Å². The third kappa shape index (κ3) is 3.24. The molecule has 2 heterocycles. The highest BCUT2D eigenvalue weighted by Gasteiger charge is 2.19. The lowest BCUT2D eigenvalue weighted by Gasteiger charge is -2.31. The number of nitrogens with one attached hydrogen (secondary N) is 1. The lowest BCUT2D eigenvalue weighted by Crippen LogP contribution is -2.32. The normalized spacial score (nSPS) is 14.3. The Morgan fingerprint density at radius 2 is 1.95 bits per heavy atom. The van der Waals surface area contributed by atoms with Crippen molar-refractivity contribution in [2.24, 2.45) is 0 Å². The largest absolute Gasteiger partial charge is 0.352 e. The molecule has 21 heavy (non-hydrogen) atoms. The molecule has 1 aliphatic heterocycles. The maximum absolute atomic E-state index is 4.64. The molecule has 0 amide bonds. The summed E-state index contributed by atoms with van der Waals surface area (Å²) in [5, 5.41) is 3.49. The van der Waals surface area contributed by atoms with E-state index in [9.17, 15) is 0 Å². The number of hydrogen-bond donors (Lipinski definition) is 1. The number of pyridine rings is 1. The Bertz CT molecular complexity index is 607. The van der Waals surface area contributed by atoms with Crippen LogP contribution in [0.2, 0.25) is 0 Å². The van der Waals surface area contributed by atoms with Crippen LogP contribution in [-0.2, 0) is 19.5 Å². The smallest absolute Gasteiger partial charge is 0.133 e. The van der Waals surface area contributed by atoms with E-state index >= 15 is 0 Å². The Labute approximate surface area is 127 Å². The summed E-state index contributed by atoms with van der Waals surface area (Å²) in [5.74, 6) is 1.13. The molecule has 1 aromatic carbocycles. The molecule has 0 aliphatic carbocycles. The van der Waals surface area contributed by atoms with Crippen LogP contribution in [0.5, 0.6) is 0 Å². The lowest BCUT2D eigenvalue weighted by atomic mass is 9.99. The lowest BCUT2D eigenvalue weighted by molar-refractivity contribution is 0.585. The molecule has 1 N–H and O–H groups in total. The monoisotopic (exact) mass is 281 g/mol. The second kappa shape index (κ2) is 6.27. The van der Waals surface area contributed by atoms with Gasteiger partial charge in [0.05, 0.1) is 0 Å². The van der Waals surface area contributed by atoms with Crippen molar-refractivity contribution in [3.63, 3.8) is 0 Å². The highest BCUT2D eigenvalue weighted by atomic mass is 15.2. The van der Waals surface area contributed by atoms with Crippen LogP contribution in [0.15, 0.2) is 42.6 Å². The van der Waals surface area contributed by atoms with Gasteiger partial charge in [-0.15, -0.1) is 0 Å². The maximum atomic E-state index is 4.64. The summed E-state index contributed by atoms with van der Waals surface area (Å²) in [6.45, 7) is 7.23. The van der Waals surface area contributed by atoms with Crippen LogP contribution < -0.4 is 10.2 Å². The summed E-state index contributed by atoms with van der Waals surface area (Å²) in [5.41, 5.74) is 4.19. The molecule has 0 saturated heterocycles. The molecule has 0 unspecified atom stereocenters. The van der Waals surface area contributed by atoms with E-state index in [1.807, 2.05) is 12.3 Å². The first kappa shape index (κ1) is 14.1. The number of nitrogens with zero attached hydrogens (tertiary/aromatic N) is 2. The van der Waals surface area contributed by atoms with Gasteiger partial charge in [0.25, 0.3) is 0 Å². The zero-order chi connectivity index (χ0) is 14.7. The van der Waals surface area contributed by atoms with Gasteiger partial charge in [0.15, 0.2) is 0 Å². The van der Waals surface area contributed by atoms with Crippen LogP contribution in [-0.4, -0.2) is 17.6 Å². The second-order valence-corrected chi connectivity index (χ2v) is 5.96. The van der Waals surface area contributed by atoms with Gasteiger partial charge in [-0.3, -0.25) is 0 Å². The van der Waals surface area contributed by atoms with E-state index in [2.05, 4.69) is 59.4 Å². The Morgan fingerprint density at radius 3 is 2.76 bits per heavy atom. The number of anilines is 1. The number of aromatic nitrogens is 1. The summed E-state index contributed by atoms with van der Waals surface area (Å²) >= 11 is 0. The zero-order valence-corrected chi connectivity index (χ0v) is 12.8. The number of rotatable bonds is 4. The van der Waals surface area contributed by atoms with Gasteiger partial charge in [-0.2, -0.15) is 0 Å². The van der Waals surface area contributed by atoms with Crippen molar-refractivity contribution < 1.29 is 0 Å². The van der Waals surface area contributed by atoms with Crippen LogP contribution >= 0.6 is 0 Å². The third-order valence-corrected chi connectivity index (χ3v) is 4.00. The average molecular weight is 281 g/mol. The van der Waals surface area contributed by atoms with E-state index in [0.29, 0.717) is 6.04 Å². The van der Waals surface area contributed by atoms with Crippen LogP contribution in [0, 0.1) is 0 Å². The molecule has 1 aliphatic rings. The van der Waals surface area contributed by atoms with Crippen LogP contribution in [0.3, 0.4) is 0 Å². The molecule has 0 bridgehead atoms. The maximum Gasteiger partial charge on any atom is 0.133 e. The minimum Gasteiger partial charge on any atom is -0.352 e. The first-order chi connectivity index (χ1) is 10.2. The Morgan fingerprint density at radius 1 is 1.14 bits per heavy atom. The van der Waals surface area contributed by atoms with Gasteiger partial charge in [0, 0.05) is 37.4 Å². The van der Waals surface area contributed by atoms with Gasteiger partial charge in [-0.05, 0) is 23.6 Å². The van der Waals surface area contributed by atoms with E-state index in [1.165, 1.54) is 16.7 Å². The summed E-state index contributed by atoms with van der Waals surface area (Å²) in [6.07, 6.45) is 3.00. The van der Waals surface area contributed by atoms with E-state index in [1.54, 1.807) is 0 Å². The van der Waals surface area contributed by atoms with Crippen molar-refractivity contribution in [2.45, 2.75) is 39.4 Å². The zero-order valence-electron chi connectivity index (χ0n) is 12.8. The highest BCUT2D eigenvalue weighted by molar-refractivity contribution is 5.49. The fourth-order valence-electron chi connectivity index (χ4n) is 2.84. The van der Waals surface area contributed by atoms with Crippen LogP contribution in [0.1, 0.15) is 30.5 Å². The van der Waals surface area contributed by atoms with Crippen molar-refractivity contribution in [2.75, 3.05) is 11.4 Å². The molecular formula is C18H23N3. The highest BCUT2D eigenvalue weighted by Crippen LogP contribution is 2.25. The van der Waals surface area contributed by atoms with Crippen molar-refractivity contribution in [1.29, 1.82) is 0 Å². The second-order valence-electron chi connectivity index (χ2n) is 5.96. The SMILES string of the molecule is CC(C)NCc1cccnc1N1CCc2ccccc2C1. The van der Waals surface area contributed by atoms with Gasteiger partial charge in [0.1, 0.15) is 5.82 Å². The predicted octanol–water partition coefficient (Wildman–Crippen LogP) is 3.14. The topological polar surface area (TPSA) is 28.2 Å². The summed E-state index contributed by atoms with van der Waals surface area (Å²) in [4.78, 5) is 7.04. The molecule has 0 fully saturated rings. The Kier molecular flexibility index (Phi) is 4.20.